The minimum Gasteiger partial charge on any atom is -0.382 e. The third kappa shape index (κ3) is 4.01. The van der Waals surface area contributed by atoms with E-state index >= 15 is 0 Å². The number of carbonyl (C=O) groups is 1. The van der Waals surface area contributed by atoms with E-state index < -0.39 is 0 Å². The van der Waals surface area contributed by atoms with Gasteiger partial charge in [-0.05, 0) is 6.07 Å². The molecule has 0 saturated carbocycles. The summed E-state index contributed by atoms with van der Waals surface area (Å²) in [6.45, 7) is 0.934. The van der Waals surface area contributed by atoms with E-state index in [0.29, 0.717) is 13.2 Å². The van der Waals surface area contributed by atoms with Crippen LogP contribution in [0.2, 0.25) is 0 Å². The van der Waals surface area contributed by atoms with Gasteiger partial charge >= 0.3 is 0 Å². The van der Waals surface area contributed by atoms with E-state index in [9.17, 15) is 4.79 Å². The molecule has 14 heavy (non-hydrogen) atoms. The summed E-state index contributed by atoms with van der Waals surface area (Å²) < 4.78 is 6.24. The third-order valence-corrected chi connectivity index (χ3v) is 1.44. The summed E-state index contributed by atoms with van der Waals surface area (Å²) in [5.41, 5.74) is 2.28. The van der Waals surface area contributed by atoms with Crippen LogP contribution in [-0.2, 0) is 20.9 Å². The molecule has 1 aromatic rings. The fourth-order valence-corrected chi connectivity index (χ4v) is 0.830. The average Bonchev–Trinajstić information content (AvgIpc) is 2.65. The van der Waals surface area contributed by atoms with Crippen LogP contribution in [0.1, 0.15) is 0 Å². The first-order valence-electron chi connectivity index (χ1n) is 4.20. The molecule has 0 aliphatic rings. The van der Waals surface area contributed by atoms with Gasteiger partial charge in [-0.15, -0.1) is 0 Å². The van der Waals surface area contributed by atoms with E-state index in [1.807, 2.05) is 0 Å². The van der Waals surface area contributed by atoms with Crippen molar-refractivity contribution in [3.05, 3.63) is 18.5 Å². The zero-order valence-corrected chi connectivity index (χ0v) is 7.97. The quantitative estimate of drug-likeness (QED) is 0.499. The highest BCUT2D eigenvalue weighted by atomic mass is 16.7. The van der Waals surface area contributed by atoms with Crippen molar-refractivity contribution < 1.29 is 14.4 Å². The number of nitrogens with zero attached hydrogens (tertiary/aromatic N) is 2. The Bertz CT molecular complexity index is 261. The summed E-state index contributed by atoms with van der Waals surface area (Å²) in [6.07, 6.45) is 3.31. The van der Waals surface area contributed by atoms with Gasteiger partial charge < -0.3 is 4.74 Å². The summed E-state index contributed by atoms with van der Waals surface area (Å²) in [4.78, 5) is 16.0. The van der Waals surface area contributed by atoms with Gasteiger partial charge in [0.2, 0.25) is 0 Å². The maximum atomic E-state index is 11.1. The normalized spacial score (nSPS) is 10.1. The van der Waals surface area contributed by atoms with Gasteiger partial charge in [-0.2, -0.15) is 5.10 Å². The van der Waals surface area contributed by atoms with Crippen molar-refractivity contribution in [3.8, 4) is 0 Å². The molecule has 0 atom stereocenters. The minimum absolute atomic E-state index is 0.153. The number of rotatable bonds is 6. The van der Waals surface area contributed by atoms with Gasteiger partial charge in [-0.3, -0.25) is 14.3 Å². The minimum atomic E-state index is -0.246. The van der Waals surface area contributed by atoms with E-state index in [2.05, 4.69) is 10.6 Å². The molecule has 0 aliphatic carbocycles. The zero-order chi connectivity index (χ0) is 10.2. The van der Waals surface area contributed by atoms with Gasteiger partial charge in [0.05, 0.1) is 13.2 Å². The highest BCUT2D eigenvalue weighted by molar-refractivity contribution is 5.74. The predicted molar refractivity (Wildman–Crippen MR) is 48.2 cm³/mol. The smallest absolute Gasteiger partial charge is 0.265 e. The maximum Gasteiger partial charge on any atom is 0.265 e. The molecule has 0 fully saturated rings. The number of aromatic nitrogens is 2. The van der Waals surface area contributed by atoms with Crippen molar-refractivity contribution >= 4 is 5.91 Å². The van der Waals surface area contributed by atoms with Crippen molar-refractivity contribution in [2.45, 2.75) is 6.54 Å². The van der Waals surface area contributed by atoms with Gasteiger partial charge in [0.25, 0.3) is 5.91 Å². The molecule has 0 aliphatic heterocycles. The van der Waals surface area contributed by atoms with E-state index in [4.69, 9.17) is 9.57 Å². The number of ether oxygens (including phenoxy) is 1. The highest BCUT2D eigenvalue weighted by Crippen LogP contribution is 1.84. The molecule has 6 heteroatoms. The van der Waals surface area contributed by atoms with E-state index in [-0.39, 0.29) is 12.5 Å². The van der Waals surface area contributed by atoms with Crippen LogP contribution in [-0.4, -0.2) is 36.0 Å². The number of hydrogen-bond acceptors (Lipinski definition) is 4. The molecular formula is C8H13N3O3. The summed E-state index contributed by atoms with van der Waals surface area (Å²) in [6, 6.07) is 1.75. The SMILES string of the molecule is COCCONC(=O)Cn1cccn1. The zero-order valence-electron chi connectivity index (χ0n) is 7.97. The molecule has 0 saturated heterocycles. The first-order chi connectivity index (χ1) is 6.83. The molecule has 78 valence electrons. The third-order valence-electron chi connectivity index (χ3n) is 1.44. The Morgan fingerprint density at radius 3 is 3.07 bits per heavy atom. The fraction of sp³-hybridized carbons (Fsp3) is 0.500. The topological polar surface area (TPSA) is 65.4 Å². The number of hydrogen-bond donors (Lipinski definition) is 1. The van der Waals surface area contributed by atoms with Crippen molar-refractivity contribution in [2.75, 3.05) is 20.3 Å². The molecule has 1 aromatic heterocycles. The number of methoxy groups -OCH3 is 1. The second kappa shape index (κ2) is 6.11. The Kier molecular flexibility index (Phi) is 4.66. The van der Waals surface area contributed by atoms with E-state index in [0.717, 1.165) is 0 Å². The molecule has 1 amide bonds. The van der Waals surface area contributed by atoms with Gasteiger partial charge in [0.15, 0.2) is 0 Å². The van der Waals surface area contributed by atoms with Crippen LogP contribution in [0.25, 0.3) is 0 Å². The fourth-order valence-electron chi connectivity index (χ4n) is 0.830. The molecule has 0 aromatic carbocycles. The van der Waals surface area contributed by atoms with Crippen LogP contribution >= 0.6 is 0 Å². The second-order valence-electron chi connectivity index (χ2n) is 2.57. The van der Waals surface area contributed by atoms with Gasteiger partial charge in [-0.25, -0.2) is 5.48 Å². The average molecular weight is 199 g/mol. The standard InChI is InChI=1S/C8H13N3O3/c1-13-5-6-14-10-8(12)7-11-4-2-3-9-11/h2-4H,5-7H2,1H3,(H,10,12). The van der Waals surface area contributed by atoms with E-state index in [1.165, 1.54) is 4.68 Å². The van der Waals surface area contributed by atoms with Gasteiger partial charge in [0, 0.05) is 19.5 Å². The Morgan fingerprint density at radius 2 is 2.43 bits per heavy atom. The van der Waals surface area contributed by atoms with Crippen LogP contribution in [0.5, 0.6) is 0 Å². The molecular weight excluding hydrogens is 186 g/mol. The number of amides is 1. The number of carbonyl (C=O) groups excluding carboxylic acids is 1. The van der Waals surface area contributed by atoms with Gasteiger partial charge in [-0.1, -0.05) is 0 Å². The number of hydroxylamine groups is 1. The van der Waals surface area contributed by atoms with E-state index in [1.54, 1.807) is 25.6 Å². The largest absolute Gasteiger partial charge is 0.382 e. The summed E-state index contributed by atoms with van der Waals surface area (Å²) >= 11 is 0. The van der Waals surface area contributed by atoms with Crippen molar-refractivity contribution in [3.63, 3.8) is 0 Å². The molecule has 0 unspecified atom stereocenters. The van der Waals surface area contributed by atoms with Crippen LogP contribution in [0.3, 0.4) is 0 Å². The Labute approximate surface area is 81.8 Å². The lowest BCUT2D eigenvalue weighted by Gasteiger charge is -2.04. The maximum absolute atomic E-state index is 11.1. The summed E-state index contributed by atoms with van der Waals surface area (Å²) in [7, 11) is 1.56. The lowest BCUT2D eigenvalue weighted by Crippen LogP contribution is -2.29. The first kappa shape index (κ1) is 10.7. The lowest BCUT2D eigenvalue weighted by molar-refractivity contribution is -0.135. The Morgan fingerprint density at radius 1 is 1.57 bits per heavy atom. The Balaban J connectivity index is 2.11. The van der Waals surface area contributed by atoms with Crippen LogP contribution in [0.15, 0.2) is 18.5 Å². The molecule has 6 nitrogen and oxygen atoms in total. The lowest BCUT2D eigenvalue weighted by atomic mass is 10.6. The Hall–Kier alpha value is -1.40. The molecule has 1 rings (SSSR count). The molecule has 1 heterocycles. The van der Waals surface area contributed by atoms with Crippen molar-refractivity contribution in [2.24, 2.45) is 0 Å². The highest BCUT2D eigenvalue weighted by Gasteiger charge is 2.01. The van der Waals surface area contributed by atoms with Crippen LogP contribution < -0.4 is 5.48 Å². The van der Waals surface area contributed by atoms with Crippen LogP contribution in [0, 0.1) is 0 Å². The predicted octanol–water partition coefficient (Wildman–Crippen LogP) is -0.423. The summed E-state index contributed by atoms with van der Waals surface area (Å²) in [5, 5.41) is 3.88. The second-order valence-corrected chi connectivity index (χ2v) is 2.57. The molecule has 0 spiro atoms. The van der Waals surface area contributed by atoms with Crippen LogP contribution in [0.4, 0.5) is 0 Å². The first-order valence-corrected chi connectivity index (χ1v) is 4.20. The monoisotopic (exact) mass is 199 g/mol. The van der Waals surface area contributed by atoms with Crippen molar-refractivity contribution in [1.29, 1.82) is 0 Å². The van der Waals surface area contributed by atoms with Gasteiger partial charge in [0.1, 0.15) is 6.54 Å². The van der Waals surface area contributed by atoms with Crippen molar-refractivity contribution in [1.82, 2.24) is 15.3 Å². The summed E-state index contributed by atoms with van der Waals surface area (Å²) in [5.74, 6) is -0.246. The molecule has 0 radical (unpaired) electrons. The number of nitrogens with one attached hydrogen (secondary N) is 1. The molecule has 0 bridgehead atoms. The molecule has 1 N–H and O–H groups in total.